The van der Waals surface area contributed by atoms with E-state index < -0.39 is 29.2 Å². The number of piperidine rings is 1. The van der Waals surface area contributed by atoms with Gasteiger partial charge < -0.3 is 10.6 Å². The van der Waals surface area contributed by atoms with E-state index >= 15 is 0 Å². The molecule has 1 aliphatic heterocycles. The summed E-state index contributed by atoms with van der Waals surface area (Å²) in [5, 5.41) is 5.45. The van der Waals surface area contributed by atoms with Gasteiger partial charge in [0.15, 0.2) is 0 Å². The van der Waals surface area contributed by atoms with Gasteiger partial charge in [-0.25, -0.2) is 4.39 Å². The van der Waals surface area contributed by atoms with E-state index in [0.717, 1.165) is 25.9 Å². The molecule has 1 fully saturated rings. The van der Waals surface area contributed by atoms with Crippen LogP contribution in [0.2, 0.25) is 0 Å². The summed E-state index contributed by atoms with van der Waals surface area (Å²) in [6, 6.07) is 1.99. The summed E-state index contributed by atoms with van der Waals surface area (Å²) in [5.41, 5.74) is -1.41. The van der Waals surface area contributed by atoms with Gasteiger partial charge in [-0.15, -0.1) is 0 Å². The van der Waals surface area contributed by atoms with Crippen molar-refractivity contribution in [2.24, 2.45) is 5.92 Å². The second-order valence-corrected chi connectivity index (χ2v) is 5.47. The fraction of sp³-hybridized carbons (Fsp3) is 0.533. The molecule has 2 rings (SSSR count). The summed E-state index contributed by atoms with van der Waals surface area (Å²) in [5.74, 6) is -0.904. The third-order valence-corrected chi connectivity index (χ3v) is 3.81. The van der Waals surface area contributed by atoms with Crippen LogP contribution in [0.1, 0.15) is 31.2 Å². The first kappa shape index (κ1) is 16.7. The quantitative estimate of drug-likeness (QED) is 0.834. The fourth-order valence-corrected chi connectivity index (χ4v) is 2.52. The molecule has 1 aliphatic rings. The van der Waals surface area contributed by atoms with Gasteiger partial charge >= 0.3 is 6.18 Å². The molecule has 0 radical (unpaired) electrons. The van der Waals surface area contributed by atoms with Gasteiger partial charge in [-0.05, 0) is 56.5 Å². The summed E-state index contributed by atoms with van der Waals surface area (Å²) < 4.78 is 51.3. The van der Waals surface area contributed by atoms with Gasteiger partial charge in [-0.1, -0.05) is 0 Å². The number of carbonyl (C=O) groups is 1. The molecule has 0 unspecified atom stereocenters. The molecule has 0 bridgehead atoms. The Morgan fingerprint density at radius 3 is 2.59 bits per heavy atom. The molecule has 3 nitrogen and oxygen atoms in total. The van der Waals surface area contributed by atoms with E-state index in [4.69, 9.17) is 0 Å². The summed E-state index contributed by atoms with van der Waals surface area (Å²) in [6.07, 6.45) is -1.77. The first-order valence-electron chi connectivity index (χ1n) is 7.23. The highest BCUT2D eigenvalue weighted by Gasteiger charge is 2.31. The molecule has 0 aliphatic carbocycles. The molecule has 22 heavy (non-hydrogen) atoms. The van der Waals surface area contributed by atoms with E-state index in [0.29, 0.717) is 30.5 Å². The molecule has 122 valence electrons. The molecular formula is C15H18F4N2O. The predicted octanol–water partition coefficient (Wildman–Crippen LogP) is 3.56. The summed E-state index contributed by atoms with van der Waals surface area (Å²) in [4.78, 5) is 11.8. The SMILES string of the molecule is O=C(CCC1CCNCC1)Nc1cc(C(F)(F)F)ccc1F. The maximum absolute atomic E-state index is 13.5. The third-order valence-electron chi connectivity index (χ3n) is 3.81. The molecule has 1 saturated heterocycles. The number of carbonyl (C=O) groups excluding carboxylic acids is 1. The van der Waals surface area contributed by atoms with Crippen LogP contribution < -0.4 is 10.6 Å². The molecule has 1 aromatic carbocycles. The standard InChI is InChI=1S/C15H18F4N2O/c16-12-3-2-11(15(17,18)19)9-13(12)21-14(22)4-1-10-5-7-20-8-6-10/h2-3,9-10,20H,1,4-8H2,(H,21,22). The Morgan fingerprint density at radius 2 is 1.95 bits per heavy atom. The van der Waals surface area contributed by atoms with Crippen LogP contribution in [0.4, 0.5) is 23.2 Å². The van der Waals surface area contributed by atoms with Crippen molar-refractivity contribution < 1.29 is 22.4 Å². The smallest absolute Gasteiger partial charge is 0.324 e. The Hall–Kier alpha value is -1.63. The molecule has 1 heterocycles. The number of hydrogen-bond acceptors (Lipinski definition) is 2. The number of hydrogen-bond donors (Lipinski definition) is 2. The van der Waals surface area contributed by atoms with Gasteiger partial charge in [0, 0.05) is 6.42 Å². The molecule has 0 aromatic heterocycles. The van der Waals surface area contributed by atoms with E-state index in [-0.39, 0.29) is 6.42 Å². The molecule has 0 atom stereocenters. The van der Waals surface area contributed by atoms with Crippen molar-refractivity contribution in [1.82, 2.24) is 5.32 Å². The van der Waals surface area contributed by atoms with Crippen molar-refractivity contribution in [3.05, 3.63) is 29.6 Å². The lowest BCUT2D eigenvalue weighted by Crippen LogP contribution is -2.28. The van der Waals surface area contributed by atoms with Gasteiger partial charge in [-0.3, -0.25) is 4.79 Å². The number of rotatable bonds is 4. The molecule has 0 saturated carbocycles. The Balaban J connectivity index is 1.93. The second-order valence-electron chi connectivity index (χ2n) is 5.47. The summed E-state index contributed by atoms with van der Waals surface area (Å²) in [7, 11) is 0. The lowest BCUT2D eigenvalue weighted by molar-refractivity contribution is -0.137. The summed E-state index contributed by atoms with van der Waals surface area (Å²) in [6.45, 7) is 1.82. The third kappa shape index (κ3) is 4.69. The number of amides is 1. The van der Waals surface area contributed by atoms with Crippen LogP contribution in [0.25, 0.3) is 0 Å². The first-order valence-corrected chi connectivity index (χ1v) is 7.23. The Morgan fingerprint density at radius 1 is 1.27 bits per heavy atom. The maximum atomic E-state index is 13.5. The normalized spacial score (nSPS) is 16.5. The molecular weight excluding hydrogens is 300 g/mol. The molecule has 1 amide bonds. The van der Waals surface area contributed by atoms with Gasteiger partial charge in [0.05, 0.1) is 11.3 Å². The van der Waals surface area contributed by atoms with Gasteiger partial charge in [-0.2, -0.15) is 13.2 Å². The van der Waals surface area contributed by atoms with Gasteiger partial charge in [0.25, 0.3) is 0 Å². The van der Waals surface area contributed by atoms with Crippen molar-refractivity contribution in [2.75, 3.05) is 18.4 Å². The molecule has 7 heteroatoms. The van der Waals surface area contributed by atoms with E-state index in [2.05, 4.69) is 10.6 Å². The number of alkyl halides is 3. The van der Waals surface area contributed by atoms with Crippen molar-refractivity contribution in [2.45, 2.75) is 31.9 Å². The fourth-order valence-electron chi connectivity index (χ4n) is 2.52. The van der Waals surface area contributed by atoms with Crippen LogP contribution in [0.5, 0.6) is 0 Å². The topological polar surface area (TPSA) is 41.1 Å². The van der Waals surface area contributed by atoms with Gasteiger partial charge in [0.2, 0.25) is 5.91 Å². The van der Waals surface area contributed by atoms with Crippen LogP contribution in [0.3, 0.4) is 0 Å². The minimum atomic E-state index is -4.57. The minimum Gasteiger partial charge on any atom is -0.324 e. The zero-order chi connectivity index (χ0) is 16.2. The predicted molar refractivity (Wildman–Crippen MR) is 74.9 cm³/mol. The lowest BCUT2D eigenvalue weighted by atomic mass is 9.93. The molecule has 2 N–H and O–H groups in total. The monoisotopic (exact) mass is 318 g/mol. The zero-order valence-electron chi connectivity index (χ0n) is 12.0. The highest BCUT2D eigenvalue weighted by atomic mass is 19.4. The average Bonchev–Trinajstić information content (AvgIpc) is 2.47. The number of benzene rings is 1. The highest BCUT2D eigenvalue weighted by Crippen LogP contribution is 2.32. The number of halogens is 4. The zero-order valence-corrected chi connectivity index (χ0v) is 12.0. The van der Waals surface area contributed by atoms with Crippen LogP contribution in [-0.4, -0.2) is 19.0 Å². The van der Waals surface area contributed by atoms with Crippen molar-refractivity contribution in [3.8, 4) is 0 Å². The van der Waals surface area contributed by atoms with Crippen LogP contribution in [0, 0.1) is 11.7 Å². The lowest BCUT2D eigenvalue weighted by Gasteiger charge is -2.22. The number of nitrogens with one attached hydrogen (secondary N) is 2. The highest BCUT2D eigenvalue weighted by molar-refractivity contribution is 5.90. The van der Waals surface area contributed by atoms with E-state index in [1.807, 2.05) is 0 Å². The van der Waals surface area contributed by atoms with E-state index in [9.17, 15) is 22.4 Å². The Labute approximate surface area is 126 Å². The molecule has 1 aromatic rings. The van der Waals surface area contributed by atoms with Crippen molar-refractivity contribution in [1.29, 1.82) is 0 Å². The van der Waals surface area contributed by atoms with Crippen LogP contribution >= 0.6 is 0 Å². The van der Waals surface area contributed by atoms with Crippen molar-refractivity contribution in [3.63, 3.8) is 0 Å². The Bertz CT molecular complexity index is 525. The summed E-state index contributed by atoms with van der Waals surface area (Å²) >= 11 is 0. The van der Waals surface area contributed by atoms with Gasteiger partial charge in [0.1, 0.15) is 5.82 Å². The first-order chi connectivity index (χ1) is 10.4. The largest absolute Gasteiger partial charge is 0.416 e. The van der Waals surface area contributed by atoms with Crippen LogP contribution in [0.15, 0.2) is 18.2 Å². The second kappa shape index (κ2) is 7.09. The van der Waals surface area contributed by atoms with E-state index in [1.54, 1.807) is 0 Å². The number of anilines is 1. The molecule has 0 spiro atoms. The van der Waals surface area contributed by atoms with E-state index in [1.165, 1.54) is 0 Å². The average molecular weight is 318 g/mol. The minimum absolute atomic E-state index is 0.181. The maximum Gasteiger partial charge on any atom is 0.416 e. The van der Waals surface area contributed by atoms with Crippen molar-refractivity contribution >= 4 is 11.6 Å². The van der Waals surface area contributed by atoms with Crippen LogP contribution in [-0.2, 0) is 11.0 Å². The Kier molecular flexibility index (Phi) is 5.39.